The quantitative estimate of drug-likeness (QED) is 0.691. The molecule has 1 aromatic rings. The van der Waals surface area contributed by atoms with E-state index in [4.69, 9.17) is 4.42 Å². The Hall–Kier alpha value is -1.24. The third kappa shape index (κ3) is 2.71. The zero-order chi connectivity index (χ0) is 13.0. The van der Waals surface area contributed by atoms with Crippen molar-refractivity contribution in [2.24, 2.45) is 5.92 Å². The number of allylic oxidation sites excluding steroid dienone is 3. The van der Waals surface area contributed by atoms with Crippen LogP contribution in [-0.4, -0.2) is 0 Å². The molecule has 0 N–H and O–H groups in total. The van der Waals surface area contributed by atoms with E-state index in [0.717, 1.165) is 17.9 Å². The van der Waals surface area contributed by atoms with Crippen LogP contribution in [0.25, 0.3) is 11.6 Å². The molecule has 0 bridgehead atoms. The second-order valence-electron chi connectivity index (χ2n) is 4.62. The van der Waals surface area contributed by atoms with Crippen molar-refractivity contribution in [3.05, 3.63) is 34.8 Å². The molecular weight excluding hydrogens is 208 g/mol. The highest BCUT2D eigenvalue weighted by molar-refractivity contribution is 5.77. The summed E-state index contributed by atoms with van der Waals surface area (Å²) in [6.45, 7) is 12.8. The lowest BCUT2D eigenvalue weighted by molar-refractivity contribution is 0.487. The molecule has 0 aliphatic heterocycles. The summed E-state index contributed by atoms with van der Waals surface area (Å²) in [7, 11) is 0. The first-order chi connectivity index (χ1) is 8.06. The van der Waals surface area contributed by atoms with Crippen molar-refractivity contribution >= 4 is 11.6 Å². The van der Waals surface area contributed by atoms with Gasteiger partial charge < -0.3 is 4.42 Å². The van der Waals surface area contributed by atoms with Crippen molar-refractivity contribution in [2.45, 2.75) is 48.0 Å². The predicted molar refractivity (Wildman–Crippen MR) is 76.0 cm³/mol. The van der Waals surface area contributed by atoms with Crippen molar-refractivity contribution in [1.29, 1.82) is 0 Å². The maximum atomic E-state index is 5.89. The van der Waals surface area contributed by atoms with Crippen molar-refractivity contribution in [3.8, 4) is 0 Å². The first-order valence-electron chi connectivity index (χ1n) is 6.48. The zero-order valence-corrected chi connectivity index (χ0v) is 11.9. The van der Waals surface area contributed by atoms with Gasteiger partial charge in [-0.1, -0.05) is 39.0 Å². The van der Waals surface area contributed by atoms with Crippen molar-refractivity contribution in [1.82, 2.24) is 0 Å². The van der Waals surface area contributed by atoms with Crippen molar-refractivity contribution in [2.75, 3.05) is 0 Å². The molecule has 1 heteroatoms. The molecule has 0 amide bonds. The number of furan rings is 1. The molecule has 0 saturated heterocycles. The molecule has 1 aromatic heterocycles. The van der Waals surface area contributed by atoms with Crippen LogP contribution in [0.4, 0.5) is 0 Å². The molecule has 0 spiro atoms. The molecule has 0 saturated carbocycles. The summed E-state index contributed by atoms with van der Waals surface area (Å²) in [5.41, 5.74) is 3.93. The van der Waals surface area contributed by atoms with Gasteiger partial charge in [0.05, 0.1) is 0 Å². The molecule has 0 fully saturated rings. The van der Waals surface area contributed by atoms with E-state index in [0.29, 0.717) is 5.92 Å². The summed E-state index contributed by atoms with van der Waals surface area (Å²) in [4.78, 5) is 0. The second kappa shape index (κ2) is 5.90. The van der Waals surface area contributed by atoms with Gasteiger partial charge in [0.15, 0.2) is 0 Å². The monoisotopic (exact) mass is 232 g/mol. The molecule has 0 radical (unpaired) electrons. The van der Waals surface area contributed by atoms with Gasteiger partial charge in [0, 0.05) is 17.5 Å². The molecule has 0 atom stereocenters. The summed E-state index contributed by atoms with van der Waals surface area (Å²) in [6, 6.07) is 0. The molecule has 0 aliphatic rings. The largest absolute Gasteiger partial charge is 0.465 e. The van der Waals surface area contributed by atoms with Crippen LogP contribution in [0, 0.1) is 12.8 Å². The van der Waals surface area contributed by atoms with Crippen LogP contribution in [0.1, 0.15) is 57.3 Å². The van der Waals surface area contributed by atoms with Crippen LogP contribution in [0.2, 0.25) is 0 Å². The van der Waals surface area contributed by atoms with Gasteiger partial charge >= 0.3 is 0 Å². The minimum absolute atomic E-state index is 0.520. The van der Waals surface area contributed by atoms with Crippen molar-refractivity contribution in [3.63, 3.8) is 0 Å². The second-order valence-corrected chi connectivity index (χ2v) is 4.62. The lowest BCUT2D eigenvalue weighted by Crippen LogP contribution is -1.97. The van der Waals surface area contributed by atoms with E-state index in [-0.39, 0.29) is 0 Å². The highest BCUT2D eigenvalue weighted by Gasteiger charge is 2.19. The smallest absolute Gasteiger partial charge is 0.112 e. The molecule has 0 unspecified atom stereocenters. The Morgan fingerprint density at radius 2 is 1.94 bits per heavy atom. The van der Waals surface area contributed by atoms with E-state index in [2.05, 4.69) is 45.9 Å². The van der Waals surface area contributed by atoms with Crippen LogP contribution in [0.3, 0.4) is 0 Å². The summed E-state index contributed by atoms with van der Waals surface area (Å²) in [5.74, 6) is 2.65. The van der Waals surface area contributed by atoms with E-state index >= 15 is 0 Å². The Kier molecular flexibility index (Phi) is 4.80. The molecule has 0 aromatic carbocycles. The first-order valence-corrected chi connectivity index (χ1v) is 6.48. The first kappa shape index (κ1) is 13.8. The van der Waals surface area contributed by atoms with Crippen molar-refractivity contribution < 1.29 is 4.42 Å². The maximum Gasteiger partial charge on any atom is 0.112 e. The predicted octanol–water partition coefficient (Wildman–Crippen LogP) is 5.24. The molecule has 0 aliphatic carbocycles. The highest BCUT2D eigenvalue weighted by Crippen LogP contribution is 2.34. The van der Waals surface area contributed by atoms with Gasteiger partial charge in [-0.05, 0) is 32.3 Å². The average Bonchev–Trinajstić information content (AvgIpc) is 2.58. The Balaban J connectivity index is 3.47. The van der Waals surface area contributed by atoms with Gasteiger partial charge in [-0.25, -0.2) is 0 Å². The van der Waals surface area contributed by atoms with Crippen LogP contribution in [-0.2, 0) is 6.42 Å². The minimum atomic E-state index is 0.520. The Morgan fingerprint density at radius 1 is 1.29 bits per heavy atom. The van der Waals surface area contributed by atoms with Crippen LogP contribution >= 0.6 is 0 Å². The van der Waals surface area contributed by atoms with Gasteiger partial charge in [0.1, 0.15) is 11.5 Å². The Bertz CT molecular complexity index is 431. The lowest BCUT2D eigenvalue weighted by Gasteiger charge is -2.12. The summed E-state index contributed by atoms with van der Waals surface area (Å²) >= 11 is 0. The molecular formula is C16H24O. The SMILES string of the molecule is C/C=C\c1c(C)oc(CC)c1/C(=C\C)C(C)C. The van der Waals surface area contributed by atoms with E-state index in [9.17, 15) is 0 Å². The fourth-order valence-electron chi connectivity index (χ4n) is 2.32. The van der Waals surface area contributed by atoms with Gasteiger partial charge in [-0.2, -0.15) is 0 Å². The topological polar surface area (TPSA) is 13.1 Å². The fourth-order valence-corrected chi connectivity index (χ4v) is 2.32. The van der Waals surface area contributed by atoms with Gasteiger partial charge in [-0.3, -0.25) is 0 Å². The number of rotatable bonds is 4. The van der Waals surface area contributed by atoms with E-state index in [1.807, 2.05) is 13.8 Å². The third-order valence-electron chi connectivity index (χ3n) is 3.08. The van der Waals surface area contributed by atoms with Crippen LogP contribution in [0.15, 0.2) is 16.6 Å². The minimum Gasteiger partial charge on any atom is -0.465 e. The van der Waals surface area contributed by atoms with Gasteiger partial charge in [-0.15, -0.1) is 0 Å². The number of hydrogen-bond acceptors (Lipinski definition) is 1. The standard InChI is InChI=1S/C16H24O/c1-7-10-14-12(6)17-15(9-3)16(14)13(8-2)11(4)5/h7-8,10-11H,9H2,1-6H3/b10-7-,13-8-. The summed E-state index contributed by atoms with van der Waals surface area (Å²) in [6.07, 6.45) is 7.38. The van der Waals surface area contributed by atoms with Gasteiger partial charge in [0.2, 0.25) is 0 Å². The maximum absolute atomic E-state index is 5.89. The third-order valence-corrected chi connectivity index (χ3v) is 3.08. The van der Waals surface area contributed by atoms with E-state index in [1.54, 1.807) is 0 Å². The lowest BCUT2D eigenvalue weighted by atomic mass is 9.91. The van der Waals surface area contributed by atoms with Crippen LogP contribution < -0.4 is 0 Å². The fraction of sp³-hybridized carbons (Fsp3) is 0.500. The Morgan fingerprint density at radius 3 is 2.35 bits per heavy atom. The van der Waals surface area contributed by atoms with Gasteiger partial charge in [0.25, 0.3) is 0 Å². The Labute approximate surface area is 105 Å². The highest BCUT2D eigenvalue weighted by atomic mass is 16.3. The molecule has 1 rings (SSSR count). The summed E-state index contributed by atoms with van der Waals surface area (Å²) < 4.78 is 5.89. The molecule has 17 heavy (non-hydrogen) atoms. The number of aryl methyl sites for hydroxylation is 2. The number of hydrogen-bond donors (Lipinski definition) is 0. The van der Waals surface area contributed by atoms with E-state index in [1.165, 1.54) is 16.7 Å². The molecule has 94 valence electrons. The average molecular weight is 232 g/mol. The molecule has 1 heterocycles. The normalized spacial score (nSPS) is 13.0. The van der Waals surface area contributed by atoms with Crippen LogP contribution in [0.5, 0.6) is 0 Å². The van der Waals surface area contributed by atoms with E-state index < -0.39 is 0 Å². The summed E-state index contributed by atoms with van der Waals surface area (Å²) in [5, 5.41) is 0. The zero-order valence-electron chi connectivity index (χ0n) is 11.9. The molecule has 1 nitrogen and oxygen atoms in total.